The maximum Gasteiger partial charge on any atom is 0.256 e. The van der Waals surface area contributed by atoms with Crippen LogP contribution in [0.25, 0.3) is 31.6 Å². The molecule has 5 aromatic rings. The lowest BCUT2D eigenvalue weighted by molar-refractivity contribution is 0.102. The van der Waals surface area contributed by atoms with Crippen LogP contribution in [0.3, 0.4) is 0 Å². The molecule has 0 unspecified atom stereocenters. The van der Waals surface area contributed by atoms with Crippen molar-refractivity contribution >= 4 is 56.3 Å². The molecule has 1 aromatic heterocycles. The Morgan fingerprint density at radius 3 is 2.61 bits per heavy atom. The highest BCUT2D eigenvalue weighted by Gasteiger charge is 2.16. The monoisotopic (exact) mass is 514 g/mol. The Morgan fingerprint density at radius 2 is 1.72 bits per heavy atom. The molecule has 7 heteroatoms. The SMILES string of the molecule is Cl.O=C(Nc1ccccc1-c1nc2ccc(CN3CCNCC3)cc2s1)c1cccc2ccccc12. The van der Waals surface area contributed by atoms with Crippen LogP contribution in [0.4, 0.5) is 5.69 Å². The molecule has 1 fully saturated rings. The van der Waals surface area contributed by atoms with Gasteiger partial charge in [0.05, 0.1) is 15.9 Å². The van der Waals surface area contributed by atoms with Gasteiger partial charge in [0, 0.05) is 43.9 Å². The summed E-state index contributed by atoms with van der Waals surface area (Å²) < 4.78 is 1.17. The summed E-state index contributed by atoms with van der Waals surface area (Å²) in [6.45, 7) is 5.22. The standard InChI is InChI=1S/C29H26N4OS.ClH/c34-28(23-10-5-7-21-6-1-2-8-22(21)23)31-25-11-4-3-9-24(25)29-32-26-13-12-20(18-27(26)35-29)19-33-16-14-30-15-17-33;/h1-13,18,30H,14-17,19H2,(H,31,34);1H. The summed E-state index contributed by atoms with van der Waals surface area (Å²) in [6, 6.07) is 28.3. The van der Waals surface area contributed by atoms with Crippen molar-refractivity contribution in [3.63, 3.8) is 0 Å². The van der Waals surface area contributed by atoms with Gasteiger partial charge in [-0.25, -0.2) is 4.98 Å². The molecule has 5 nitrogen and oxygen atoms in total. The summed E-state index contributed by atoms with van der Waals surface area (Å²) in [5, 5.41) is 9.46. The molecule has 1 saturated heterocycles. The van der Waals surface area contributed by atoms with Crippen LogP contribution in [0.15, 0.2) is 84.9 Å². The Kier molecular flexibility index (Phi) is 7.30. The fraction of sp³-hybridized carbons (Fsp3) is 0.172. The molecule has 1 aliphatic rings. The van der Waals surface area contributed by atoms with Crippen LogP contribution in [0.1, 0.15) is 15.9 Å². The molecule has 0 radical (unpaired) electrons. The van der Waals surface area contributed by atoms with Gasteiger partial charge in [0.15, 0.2) is 0 Å². The van der Waals surface area contributed by atoms with E-state index in [0.29, 0.717) is 5.56 Å². The maximum absolute atomic E-state index is 13.3. The summed E-state index contributed by atoms with van der Waals surface area (Å²) in [5.41, 5.74) is 4.67. The summed E-state index contributed by atoms with van der Waals surface area (Å²) in [4.78, 5) is 20.7. The van der Waals surface area contributed by atoms with Gasteiger partial charge in [-0.2, -0.15) is 0 Å². The quantitative estimate of drug-likeness (QED) is 0.293. The van der Waals surface area contributed by atoms with E-state index in [4.69, 9.17) is 4.98 Å². The predicted molar refractivity (Wildman–Crippen MR) is 152 cm³/mol. The number of rotatable bonds is 5. The summed E-state index contributed by atoms with van der Waals surface area (Å²) in [6.07, 6.45) is 0. The molecule has 0 aliphatic carbocycles. The van der Waals surface area contributed by atoms with E-state index in [-0.39, 0.29) is 18.3 Å². The minimum absolute atomic E-state index is 0. The van der Waals surface area contributed by atoms with Gasteiger partial charge in [0.2, 0.25) is 0 Å². The molecule has 4 aromatic carbocycles. The number of amides is 1. The van der Waals surface area contributed by atoms with E-state index in [0.717, 1.165) is 65.3 Å². The van der Waals surface area contributed by atoms with Crippen LogP contribution in [0.2, 0.25) is 0 Å². The van der Waals surface area contributed by atoms with Crippen LogP contribution in [-0.4, -0.2) is 42.0 Å². The molecule has 1 aliphatic heterocycles. The lowest BCUT2D eigenvalue weighted by atomic mass is 10.0. The van der Waals surface area contributed by atoms with Crippen LogP contribution in [-0.2, 0) is 6.54 Å². The number of fused-ring (bicyclic) bond motifs is 2. The summed E-state index contributed by atoms with van der Waals surface area (Å²) in [7, 11) is 0. The van der Waals surface area contributed by atoms with Gasteiger partial charge < -0.3 is 10.6 Å². The fourth-order valence-electron chi connectivity index (χ4n) is 4.70. The number of hydrogen-bond acceptors (Lipinski definition) is 5. The normalized spacial score (nSPS) is 14.0. The summed E-state index contributed by atoms with van der Waals surface area (Å²) in [5.74, 6) is -0.117. The first-order chi connectivity index (χ1) is 17.2. The zero-order valence-corrected chi connectivity index (χ0v) is 21.4. The number of halogens is 1. The average molecular weight is 515 g/mol. The van der Waals surface area contributed by atoms with Crippen molar-refractivity contribution < 1.29 is 4.79 Å². The molecule has 2 N–H and O–H groups in total. The number of piperazine rings is 1. The average Bonchev–Trinajstić information content (AvgIpc) is 3.32. The van der Waals surface area contributed by atoms with E-state index in [9.17, 15) is 4.79 Å². The van der Waals surface area contributed by atoms with Gasteiger partial charge in [-0.15, -0.1) is 23.7 Å². The van der Waals surface area contributed by atoms with Gasteiger partial charge >= 0.3 is 0 Å². The van der Waals surface area contributed by atoms with Gasteiger partial charge in [-0.1, -0.05) is 54.6 Å². The molecule has 1 amide bonds. The highest BCUT2D eigenvalue weighted by molar-refractivity contribution is 7.21. The third-order valence-electron chi connectivity index (χ3n) is 6.51. The molecule has 0 atom stereocenters. The Bertz CT molecular complexity index is 1520. The van der Waals surface area contributed by atoms with Crippen LogP contribution >= 0.6 is 23.7 Å². The number of thiazole rings is 1. The Morgan fingerprint density at radius 1 is 0.944 bits per heavy atom. The van der Waals surface area contributed by atoms with E-state index in [1.807, 2.05) is 66.7 Å². The number of carbonyl (C=O) groups is 1. The molecule has 0 saturated carbocycles. The van der Waals surface area contributed by atoms with Gasteiger partial charge in [-0.05, 0) is 46.7 Å². The molecule has 0 spiro atoms. The number of carbonyl (C=O) groups excluding carboxylic acids is 1. The number of hydrogen-bond donors (Lipinski definition) is 2. The number of para-hydroxylation sites is 1. The van der Waals surface area contributed by atoms with Crippen molar-refractivity contribution in [1.82, 2.24) is 15.2 Å². The third kappa shape index (κ3) is 4.99. The molecule has 182 valence electrons. The van der Waals surface area contributed by atoms with Crippen molar-refractivity contribution in [2.75, 3.05) is 31.5 Å². The molecular weight excluding hydrogens is 488 g/mol. The topological polar surface area (TPSA) is 57.3 Å². The number of aromatic nitrogens is 1. The lowest BCUT2D eigenvalue weighted by Crippen LogP contribution is -2.42. The highest BCUT2D eigenvalue weighted by atomic mass is 35.5. The molecule has 6 rings (SSSR count). The zero-order valence-electron chi connectivity index (χ0n) is 19.7. The predicted octanol–water partition coefficient (Wildman–Crippen LogP) is 6.20. The van der Waals surface area contributed by atoms with Crippen molar-refractivity contribution in [2.24, 2.45) is 0 Å². The van der Waals surface area contributed by atoms with E-state index < -0.39 is 0 Å². The molecule has 2 heterocycles. The largest absolute Gasteiger partial charge is 0.321 e. The van der Waals surface area contributed by atoms with Crippen molar-refractivity contribution in [2.45, 2.75) is 6.54 Å². The lowest BCUT2D eigenvalue weighted by Gasteiger charge is -2.27. The second kappa shape index (κ2) is 10.8. The van der Waals surface area contributed by atoms with Crippen molar-refractivity contribution in [3.8, 4) is 10.6 Å². The maximum atomic E-state index is 13.3. The Hall–Kier alpha value is -3.29. The second-order valence-corrected chi connectivity index (χ2v) is 9.90. The highest BCUT2D eigenvalue weighted by Crippen LogP contribution is 2.35. The van der Waals surface area contributed by atoms with Crippen molar-refractivity contribution in [3.05, 3.63) is 96.1 Å². The van der Waals surface area contributed by atoms with E-state index in [1.165, 1.54) is 10.3 Å². The van der Waals surface area contributed by atoms with Crippen LogP contribution < -0.4 is 10.6 Å². The first-order valence-corrected chi connectivity index (χ1v) is 12.8. The Labute approximate surface area is 220 Å². The smallest absolute Gasteiger partial charge is 0.256 e. The molecule has 0 bridgehead atoms. The molecular formula is C29H27ClN4OS. The van der Waals surface area contributed by atoms with Crippen LogP contribution in [0.5, 0.6) is 0 Å². The number of nitrogens with one attached hydrogen (secondary N) is 2. The number of benzene rings is 4. The summed E-state index contributed by atoms with van der Waals surface area (Å²) >= 11 is 1.67. The zero-order chi connectivity index (χ0) is 23.6. The number of nitrogens with zero attached hydrogens (tertiary/aromatic N) is 2. The minimum atomic E-state index is -0.117. The minimum Gasteiger partial charge on any atom is -0.321 e. The van der Waals surface area contributed by atoms with Crippen molar-refractivity contribution in [1.29, 1.82) is 0 Å². The van der Waals surface area contributed by atoms with E-state index in [2.05, 4.69) is 33.7 Å². The third-order valence-corrected chi connectivity index (χ3v) is 7.56. The van der Waals surface area contributed by atoms with Gasteiger partial charge in [0.25, 0.3) is 5.91 Å². The molecule has 36 heavy (non-hydrogen) atoms. The van der Waals surface area contributed by atoms with E-state index in [1.54, 1.807) is 11.3 Å². The Balaban J connectivity index is 0.00000267. The fourth-order valence-corrected chi connectivity index (χ4v) is 5.77. The number of anilines is 1. The van der Waals surface area contributed by atoms with Gasteiger partial charge in [-0.3, -0.25) is 9.69 Å². The second-order valence-electron chi connectivity index (χ2n) is 8.87. The first kappa shape index (κ1) is 24.4. The van der Waals surface area contributed by atoms with E-state index >= 15 is 0 Å². The van der Waals surface area contributed by atoms with Crippen LogP contribution in [0, 0.1) is 0 Å². The van der Waals surface area contributed by atoms with Gasteiger partial charge in [0.1, 0.15) is 5.01 Å². The first-order valence-electron chi connectivity index (χ1n) is 12.0.